The summed E-state index contributed by atoms with van der Waals surface area (Å²) in [6.45, 7) is 0.258. The predicted octanol–water partition coefficient (Wildman–Crippen LogP) is 4.23. The molecule has 134 valence electrons. The highest BCUT2D eigenvalue weighted by atomic mass is 79.9. The molecule has 3 aromatic rings. The van der Waals surface area contributed by atoms with Gasteiger partial charge in [0, 0.05) is 22.8 Å². The summed E-state index contributed by atoms with van der Waals surface area (Å²) in [5, 5.41) is 0.110. The topological polar surface area (TPSA) is 69.0 Å². The van der Waals surface area contributed by atoms with Crippen LogP contribution in [-0.4, -0.2) is 30.5 Å². The highest BCUT2D eigenvalue weighted by molar-refractivity contribution is 9.10. The third-order valence-electron chi connectivity index (χ3n) is 3.84. The van der Waals surface area contributed by atoms with E-state index in [4.69, 9.17) is 11.6 Å². The van der Waals surface area contributed by atoms with Crippen molar-refractivity contribution in [2.75, 3.05) is 6.26 Å². The van der Waals surface area contributed by atoms with Gasteiger partial charge < -0.3 is 4.57 Å². The van der Waals surface area contributed by atoms with Crippen LogP contribution in [0.5, 0.6) is 0 Å². The van der Waals surface area contributed by atoms with Gasteiger partial charge in [0.05, 0.1) is 4.90 Å². The summed E-state index contributed by atoms with van der Waals surface area (Å²) >= 11 is 9.39. The molecule has 2 aromatic carbocycles. The Kier molecular flexibility index (Phi) is 5.32. The number of hydrogen-bond donors (Lipinski definition) is 0. The van der Waals surface area contributed by atoms with Crippen molar-refractivity contribution in [1.82, 2.24) is 9.55 Å². The lowest BCUT2D eigenvalue weighted by molar-refractivity contribution is 0.111. The second-order valence-electron chi connectivity index (χ2n) is 5.72. The summed E-state index contributed by atoms with van der Waals surface area (Å²) in [5.74, 6) is 0.543. The van der Waals surface area contributed by atoms with Crippen LogP contribution in [0, 0.1) is 0 Å². The Labute approximate surface area is 164 Å². The Bertz CT molecular complexity index is 1080. The molecule has 0 bridgehead atoms. The van der Waals surface area contributed by atoms with Gasteiger partial charge in [0.15, 0.2) is 21.3 Å². The quantitative estimate of drug-likeness (QED) is 0.542. The van der Waals surface area contributed by atoms with Gasteiger partial charge in [0.25, 0.3) is 0 Å². The summed E-state index contributed by atoms with van der Waals surface area (Å²) < 4.78 is 26.1. The van der Waals surface area contributed by atoms with Crippen LogP contribution < -0.4 is 0 Å². The van der Waals surface area contributed by atoms with Crippen molar-refractivity contribution >= 4 is 43.7 Å². The highest BCUT2D eigenvalue weighted by Gasteiger charge is 2.18. The Morgan fingerprint density at radius 1 is 1.19 bits per heavy atom. The van der Waals surface area contributed by atoms with Gasteiger partial charge in [0.1, 0.15) is 11.5 Å². The Morgan fingerprint density at radius 3 is 2.50 bits per heavy atom. The average molecular weight is 454 g/mol. The number of sulfone groups is 1. The summed E-state index contributed by atoms with van der Waals surface area (Å²) in [6, 6.07) is 14.4. The first-order chi connectivity index (χ1) is 12.3. The molecule has 0 N–H and O–H groups in total. The molecule has 0 saturated carbocycles. The number of hydrogen-bond acceptors (Lipinski definition) is 4. The van der Waals surface area contributed by atoms with Crippen LogP contribution >= 0.6 is 27.5 Å². The van der Waals surface area contributed by atoms with E-state index in [1.54, 1.807) is 22.8 Å². The monoisotopic (exact) mass is 452 g/mol. The Hall–Kier alpha value is -1.96. The van der Waals surface area contributed by atoms with Crippen LogP contribution in [-0.2, 0) is 16.4 Å². The fourth-order valence-electron chi connectivity index (χ4n) is 2.63. The minimum Gasteiger partial charge on any atom is -0.316 e. The Morgan fingerprint density at radius 2 is 1.88 bits per heavy atom. The Balaban J connectivity index is 2.12. The molecular formula is C18H14BrClN2O3S. The molecule has 0 amide bonds. The van der Waals surface area contributed by atoms with Gasteiger partial charge >= 0.3 is 0 Å². The van der Waals surface area contributed by atoms with Crippen molar-refractivity contribution in [2.24, 2.45) is 0 Å². The second kappa shape index (κ2) is 7.34. The summed E-state index contributed by atoms with van der Waals surface area (Å²) in [4.78, 5) is 16.0. The largest absolute Gasteiger partial charge is 0.316 e. The molecule has 0 fully saturated rings. The summed E-state index contributed by atoms with van der Waals surface area (Å²) in [7, 11) is -3.39. The summed E-state index contributed by atoms with van der Waals surface area (Å²) in [5.41, 5.74) is 1.76. The number of carbonyl (C=O) groups is 1. The van der Waals surface area contributed by atoms with Gasteiger partial charge in [-0.3, -0.25) is 4.79 Å². The second-order valence-corrected chi connectivity index (χ2v) is 8.91. The first kappa shape index (κ1) is 18.8. The van der Waals surface area contributed by atoms with Crippen molar-refractivity contribution in [3.05, 3.63) is 69.4 Å². The van der Waals surface area contributed by atoms with Gasteiger partial charge in [-0.2, -0.15) is 0 Å². The molecular weight excluding hydrogens is 440 g/mol. The van der Waals surface area contributed by atoms with E-state index in [2.05, 4.69) is 20.9 Å². The fraction of sp³-hybridized carbons (Fsp3) is 0.111. The van der Waals surface area contributed by atoms with Gasteiger partial charge in [-0.1, -0.05) is 48.0 Å². The molecule has 8 heteroatoms. The number of nitrogens with zero attached hydrogens (tertiary/aromatic N) is 2. The standard InChI is InChI=1S/C18H14BrClN2O3S/c1-26(24,25)16-9-12(7-8-14(16)19)10-22-15(11-23)17(20)21-18(22)13-5-3-2-4-6-13/h2-9,11H,10H2,1H3. The number of aromatic nitrogens is 2. The molecule has 0 unspecified atom stereocenters. The van der Waals surface area contributed by atoms with Crippen LogP contribution in [0.2, 0.25) is 5.15 Å². The van der Waals surface area contributed by atoms with E-state index in [-0.39, 0.29) is 22.3 Å². The molecule has 1 heterocycles. The number of halogens is 2. The lowest BCUT2D eigenvalue weighted by Crippen LogP contribution is -2.07. The number of rotatable bonds is 5. The van der Waals surface area contributed by atoms with E-state index in [9.17, 15) is 13.2 Å². The predicted molar refractivity (Wildman–Crippen MR) is 104 cm³/mol. The van der Waals surface area contributed by atoms with Crippen molar-refractivity contribution in [3.8, 4) is 11.4 Å². The van der Waals surface area contributed by atoms with Crippen LogP contribution in [0.25, 0.3) is 11.4 Å². The van der Waals surface area contributed by atoms with Crippen LogP contribution in [0.3, 0.4) is 0 Å². The first-order valence-corrected chi connectivity index (χ1v) is 10.6. The number of benzene rings is 2. The van der Waals surface area contributed by atoms with Gasteiger partial charge in [-0.25, -0.2) is 13.4 Å². The van der Waals surface area contributed by atoms with Crippen molar-refractivity contribution in [3.63, 3.8) is 0 Å². The lowest BCUT2D eigenvalue weighted by Gasteiger charge is -2.11. The zero-order valence-electron chi connectivity index (χ0n) is 13.7. The van der Waals surface area contributed by atoms with Crippen molar-refractivity contribution in [2.45, 2.75) is 11.4 Å². The summed E-state index contributed by atoms with van der Waals surface area (Å²) in [6.07, 6.45) is 1.80. The minimum absolute atomic E-state index is 0.110. The van der Waals surface area contributed by atoms with E-state index in [0.29, 0.717) is 22.1 Å². The van der Waals surface area contributed by atoms with Crippen molar-refractivity contribution < 1.29 is 13.2 Å². The van der Waals surface area contributed by atoms with E-state index in [0.717, 1.165) is 11.8 Å². The van der Waals surface area contributed by atoms with E-state index >= 15 is 0 Å². The molecule has 0 aliphatic rings. The molecule has 0 saturated heterocycles. The minimum atomic E-state index is -3.39. The maximum atomic E-state index is 11.9. The molecule has 0 aliphatic carbocycles. The highest BCUT2D eigenvalue weighted by Crippen LogP contribution is 2.28. The van der Waals surface area contributed by atoms with Gasteiger partial charge in [-0.05, 0) is 33.6 Å². The van der Waals surface area contributed by atoms with Gasteiger partial charge in [-0.15, -0.1) is 0 Å². The molecule has 1 aromatic heterocycles. The van der Waals surface area contributed by atoms with Crippen molar-refractivity contribution in [1.29, 1.82) is 0 Å². The number of aldehydes is 1. The molecule has 0 atom stereocenters. The molecule has 26 heavy (non-hydrogen) atoms. The average Bonchev–Trinajstić information content (AvgIpc) is 2.91. The van der Waals surface area contributed by atoms with E-state index < -0.39 is 9.84 Å². The smallest absolute Gasteiger partial charge is 0.176 e. The third-order valence-corrected chi connectivity index (χ3v) is 6.21. The molecule has 0 spiro atoms. The molecule has 0 aliphatic heterocycles. The van der Waals surface area contributed by atoms with E-state index in [1.807, 2.05) is 30.3 Å². The van der Waals surface area contributed by atoms with E-state index in [1.165, 1.54) is 0 Å². The normalized spacial score (nSPS) is 11.5. The van der Waals surface area contributed by atoms with Crippen LogP contribution in [0.4, 0.5) is 0 Å². The van der Waals surface area contributed by atoms with Crippen LogP contribution in [0.15, 0.2) is 57.9 Å². The number of imidazole rings is 1. The maximum Gasteiger partial charge on any atom is 0.176 e. The SMILES string of the molecule is CS(=O)(=O)c1cc(Cn2c(-c3ccccc3)nc(Cl)c2C=O)ccc1Br. The first-order valence-electron chi connectivity index (χ1n) is 7.56. The zero-order chi connectivity index (χ0) is 18.9. The molecule has 3 rings (SSSR count). The van der Waals surface area contributed by atoms with Crippen LogP contribution in [0.1, 0.15) is 16.1 Å². The molecule has 0 radical (unpaired) electrons. The fourth-order valence-corrected chi connectivity index (χ4v) is 4.77. The third kappa shape index (κ3) is 3.75. The maximum absolute atomic E-state index is 11.9. The lowest BCUT2D eigenvalue weighted by atomic mass is 10.2. The van der Waals surface area contributed by atoms with Gasteiger partial charge in [0.2, 0.25) is 0 Å². The zero-order valence-corrected chi connectivity index (χ0v) is 16.8. The molecule has 5 nitrogen and oxygen atoms in total. The number of carbonyl (C=O) groups excluding carboxylic acids is 1.